The van der Waals surface area contributed by atoms with E-state index in [1.807, 2.05) is 0 Å². The van der Waals surface area contributed by atoms with Gasteiger partial charge in [0, 0.05) is 6.61 Å². The van der Waals surface area contributed by atoms with Crippen molar-refractivity contribution in [1.82, 2.24) is 0 Å². The molecule has 156 valence electrons. The van der Waals surface area contributed by atoms with Gasteiger partial charge in [0.15, 0.2) is 0 Å². The molecule has 0 amide bonds. The molecule has 1 heterocycles. The van der Waals surface area contributed by atoms with Gasteiger partial charge in [-0.25, -0.2) is 13.2 Å². The zero-order valence-electron chi connectivity index (χ0n) is 12.0. The molecule has 1 aliphatic rings. The maximum atomic E-state index is 13.5. The summed E-state index contributed by atoms with van der Waals surface area (Å²) in [6.07, 6.45) is -16.9. The number of rotatable bonds is 6. The Kier molecular flexibility index (Phi) is 5.54. The molecule has 15 heteroatoms. The Bertz CT molecular complexity index is 504. The number of halogens is 14. The van der Waals surface area contributed by atoms with Gasteiger partial charge in [-0.2, -0.15) is 48.3 Å². The molecule has 0 radical (unpaired) electrons. The lowest BCUT2D eigenvalue weighted by Gasteiger charge is -2.40. The van der Waals surface area contributed by atoms with E-state index in [2.05, 4.69) is 4.74 Å². The summed E-state index contributed by atoms with van der Waals surface area (Å²) >= 11 is 0. The molecule has 26 heavy (non-hydrogen) atoms. The monoisotopic (exact) mass is 422 g/mol. The Morgan fingerprint density at radius 2 is 1.15 bits per heavy atom. The van der Waals surface area contributed by atoms with E-state index in [0.29, 0.717) is 0 Å². The van der Waals surface area contributed by atoms with Gasteiger partial charge < -0.3 is 4.74 Å². The molecule has 1 fully saturated rings. The van der Waals surface area contributed by atoms with Crippen LogP contribution in [0.25, 0.3) is 0 Å². The van der Waals surface area contributed by atoms with Gasteiger partial charge in [-0.1, -0.05) is 0 Å². The number of hydrogen-bond donors (Lipinski definition) is 0. The van der Waals surface area contributed by atoms with Crippen LogP contribution in [0, 0.1) is 0 Å². The van der Waals surface area contributed by atoms with Crippen LogP contribution in [0.1, 0.15) is 12.8 Å². The summed E-state index contributed by atoms with van der Waals surface area (Å²) in [5, 5.41) is 0. The molecule has 0 spiro atoms. The second-order valence-electron chi connectivity index (χ2n) is 5.38. The van der Waals surface area contributed by atoms with Crippen molar-refractivity contribution in [2.45, 2.75) is 60.9 Å². The topological polar surface area (TPSA) is 9.23 Å². The second-order valence-corrected chi connectivity index (χ2v) is 5.38. The van der Waals surface area contributed by atoms with E-state index in [1.54, 1.807) is 0 Å². The Morgan fingerprint density at radius 1 is 0.692 bits per heavy atom. The molecule has 1 nitrogen and oxygen atoms in total. The van der Waals surface area contributed by atoms with Gasteiger partial charge in [0.2, 0.25) is 6.17 Å². The van der Waals surface area contributed by atoms with Crippen molar-refractivity contribution in [1.29, 1.82) is 0 Å². The molecular weight excluding hydrogens is 414 g/mol. The summed E-state index contributed by atoms with van der Waals surface area (Å²) in [4.78, 5) is 0. The third-order valence-electron chi connectivity index (χ3n) is 3.58. The van der Waals surface area contributed by atoms with Gasteiger partial charge in [0.05, 0.1) is 0 Å². The third kappa shape index (κ3) is 3.09. The average molecular weight is 422 g/mol. The van der Waals surface area contributed by atoms with Gasteiger partial charge in [0.1, 0.15) is 6.10 Å². The van der Waals surface area contributed by atoms with Crippen molar-refractivity contribution >= 4 is 0 Å². The second kappa shape index (κ2) is 6.26. The molecule has 0 aromatic rings. The van der Waals surface area contributed by atoms with E-state index >= 15 is 0 Å². The van der Waals surface area contributed by atoms with Crippen LogP contribution in [-0.2, 0) is 4.74 Å². The normalized spacial score (nSPS) is 22.6. The highest BCUT2D eigenvalue weighted by Gasteiger charge is 2.89. The fraction of sp³-hybridized carbons (Fsp3) is 1.00. The summed E-state index contributed by atoms with van der Waals surface area (Å²) in [5.74, 6) is -36.4. The van der Waals surface area contributed by atoms with Gasteiger partial charge in [-0.15, -0.1) is 0 Å². The summed E-state index contributed by atoms with van der Waals surface area (Å²) in [5.41, 5.74) is 0. The predicted molar refractivity (Wildman–Crippen MR) is 54.7 cm³/mol. The van der Waals surface area contributed by atoms with Crippen molar-refractivity contribution in [3.8, 4) is 0 Å². The van der Waals surface area contributed by atoms with Crippen LogP contribution < -0.4 is 0 Å². The Labute approximate surface area is 135 Å². The maximum absolute atomic E-state index is 13.5. The minimum absolute atomic E-state index is 0.281. The molecule has 2 atom stereocenters. The molecule has 1 aliphatic heterocycles. The third-order valence-corrected chi connectivity index (χ3v) is 3.58. The Balaban J connectivity index is 3.34. The van der Waals surface area contributed by atoms with Crippen LogP contribution >= 0.6 is 0 Å². The lowest BCUT2D eigenvalue weighted by molar-refractivity contribution is -0.432. The summed E-state index contributed by atoms with van der Waals surface area (Å²) in [7, 11) is 0. The van der Waals surface area contributed by atoms with Gasteiger partial charge in [-0.05, 0) is 12.8 Å². The van der Waals surface area contributed by atoms with Crippen molar-refractivity contribution in [2.75, 3.05) is 6.61 Å². The summed E-state index contributed by atoms with van der Waals surface area (Å²) in [6.45, 7) is -0.558. The summed E-state index contributed by atoms with van der Waals surface area (Å²) in [6, 6.07) is 0. The summed E-state index contributed by atoms with van der Waals surface area (Å²) < 4.78 is 184. The highest BCUT2D eigenvalue weighted by Crippen LogP contribution is 2.59. The van der Waals surface area contributed by atoms with Crippen LogP contribution in [0.4, 0.5) is 61.5 Å². The fourth-order valence-corrected chi connectivity index (χ4v) is 2.03. The van der Waals surface area contributed by atoms with E-state index in [0.717, 1.165) is 0 Å². The SMILES string of the molecule is FC(C(F)(F)C1CCCO1)C(F)(F)C(F)(F)C(F)(F)C(F)(F)C(F)(F)F. The van der Waals surface area contributed by atoms with Crippen molar-refractivity contribution < 1.29 is 66.2 Å². The van der Waals surface area contributed by atoms with E-state index in [1.165, 1.54) is 0 Å². The van der Waals surface area contributed by atoms with Crippen LogP contribution in [0.2, 0.25) is 0 Å². The highest BCUT2D eigenvalue weighted by molar-refractivity contribution is 5.11. The quantitative estimate of drug-likeness (QED) is 0.532. The first-order valence-corrected chi connectivity index (χ1v) is 6.47. The molecule has 1 saturated heterocycles. The first-order chi connectivity index (χ1) is 11.3. The number of alkyl halides is 14. The largest absolute Gasteiger partial charge is 0.460 e. The minimum atomic E-state index is -7.95. The van der Waals surface area contributed by atoms with E-state index < -0.39 is 61.1 Å². The molecule has 0 aromatic carbocycles. The average Bonchev–Trinajstić information content (AvgIpc) is 2.99. The van der Waals surface area contributed by atoms with Crippen molar-refractivity contribution in [3.05, 3.63) is 0 Å². The first kappa shape index (κ1) is 23.0. The smallest absolute Gasteiger partial charge is 0.372 e. The number of hydrogen-bond acceptors (Lipinski definition) is 1. The van der Waals surface area contributed by atoms with Crippen molar-refractivity contribution in [3.63, 3.8) is 0 Å². The zero-order chi connectivity index (χ0) is 21.0. The van der Waals surface area contributed by atoms with Crippen LogP contribution in [0.3, 0.4) is 0 Å². The zero-order valence-corrected chi connectivity index (χ0v) is 12.0. The predicted octanol–water partition coefficient (Wildman–Crippen LogP) is 5.24. The molecule has 0 aliphatic carbocycles. The van der Waals surface area contributed by atoms with Gasteiger partial charge in [0.25, 0.3) is 0 Å². The van der Waals surface area contributed by atoms with Crippen LogP contribution in [-0.4, -0.2) is 54.7 Å². The number of ether oxygens (including phenoxy) is 1. The van der Waals surface area contributed by atoms with Crippen molar-refractivity contribution in [2.24, 2.45) is 0 Å². The van der Waals surface area contributed by atoms with E-state index in [4.69, 9.17) is 0 Å². The molecule has 1 rings (SSSR count). The maximum Gasteiger partial charge on any atom is 0.460 e. The molecule has 2 unspecified atom stereocenters. The molecule has 0 bridgehead atoms. The lowest BCUT2D eigenvalue weighted by atomic mass is 9.90. The molecule has 0 N–H and O–H groups in total. The lowest BCUT2D eigenvalue weighted by Crippen LogP contribution is -2.70. The molecule has 0 saturated carbocycles. The fourth-order valence-electron chi connectivity index (χ4n) is 2.03. The first-order valence-electron chi connectivity index (χ1n) is 6.47. The highest BCUT2D eigenvalue weighted by atomic mass is 19.4. The van der Waals surface area contributed by atoms with Crippen LogP contribution in [0.5, 0.6) is 0 Å². The minimum Gasteiger partial charge on any atom is -0.372 e. The standard InChI is InChI=1S/C11H8F14O/c12-5(6(13,14)4-2-1-3-26-4)7(15,16)8(17,18)9(19,20)10(21,22)11(23,24)25/h4-5H,1-3H2. The van der Waals surface area contributed by atoms with Gasteiger partial charge >= 0.3 is 35.8 Å². The van der Waals surface area contributed by atoms with Gasteiger partial charge in [-0.3, -0.25) is 0 Å². The Hall–Kier alpha value is -1.02. The Morgan fingerprint density at radius 3 is 1.50 bits per heavy atom. The van der Waals surface area contributed by atoms with E-state index in [9.17, 15) is 61.5 Å². The molecular formula is C11H8F14O. The van der Waals surface area contributed by atoms with Crippen LogP contribution in [0.15, 0.2) is 0 Å². The molecule has 0 aromatic heterocycles. The van der Waals surface area contributed by atoms with E-state index in [-0.39, 0.29) is 6.42 Å².